The Morgan fingerprint density at radius 2 is 2.21 bits per heavy atom. The normalized spacial score (nSPS) is 10.7. The Kier molecular flexibility index (Phi) is 2.05. The van der Waals surface area contributed by atoms with Gasteiger partial charge in [0, 0.05) is 0 Å². The lowest BCUT2D eigenvalue weighted by atomic mass is 10.3. The molecule has 7 heteroatoms. The molecule has 0 aromatic carbocycles. The van der Waals surface area contributed by atoms with Gasteiger partial charge in [-0.2, -0.15) is 5.10 Å². The topological polar surface area (TPSA) is 67.5 Å². The second-order valence-corrected chi connectivity index (χ2v) is 3.29. The minimum atomic E-state index is -1.16. The number of rotatable bonds is 1. The van der Waals surface area contributed by atoms with Crippen molar-refractivity contribution in [3.8, 4) is 0 Å². The molecule has 1 N–H and O–H groups in total. The molecule has 2 aromatic rings. The van der Waals surface area contributed by atoms with E-state index < -0.39 is 5.97 Å². The van der Waals surface area contributed by atoms with Crippen LogP contribution in [0.15, 0.2) is 12.4 Å². The average Bonchev–Trinajstić information content (AvgIpc) is 2.51. The number of hydrogen-bond donors (Lipinski definition) is 1. The van der Waals surface area contributed by atoms with E-state index in [4.69, 9.17) is 28.3 Å². The molecule has 0 aliphatic carbocycles. The highest BCUT2D eigenvalue weighted by molar-refractivity contribution is 6.36. The van der Waals surface area contributed by atoms with E-state index >= 15 is 0 Å². The van der Waals surface area contributed by atoms with Gasteiger partial charge in [-0.05, 0) is 6.07 Å². The zero-order chi connectivity index (χ0) is 10.3. The van der Waals surface area contributed by atoms with Gasteiger partial charge in [0.25, 0.3) is 0 Å². The molecule has 2 aromatic heterocycles. The summed E-state index contributed by atoms with van der Waals surface area (Å²) < 4.78 is 1.21. The number of aromatic carboxylic acids is 1. The summed E-state index contributed by atoms with van der Waals surface area (Å²) in [5.41, 5.74) is 0.0311. The van der Waals surface area contributed by atoms with Crippen molar-refractivity contribution in [3.05, 3.63) is 28.1 Å². The summed E-state index contributed by atoms with van der Waals surface area (Å²) in [7, 11) is 0. The monoisotopic (exact) mass is 231 g/mol. The van der Waals surface area contributed by atoms with Gasteiger partial charge in [0.15, 0.2) is 5.65 Å². The molecule has 0 saturated heterocycles. The van der Waals surface area contributed by atoms with Crippen LogP contribution in [0.3, 0.4) is 0 Å². The minimum Gasteiger partial charge on any atom is -0.478 e. The van der Waals surface area contributed by atoms with Crippen LogP contribution >= 0.6 is 23.2 Å². The maximum atomic E-state index is 10.8. The molecule has 0 fully saturated rings. The number of nitrogens with zero attached hydrogens (tertiary/aromatic N) is 3. The molecule has 0 spiro atoms. The van der Waals surface area contributed by atoms with Crippen molar-refractivity contribution in [3.63, 3.8) is 0 Å². The molecule has 0 aliphatic rings. The van der Waals surface area contributed by atoms with Crippen LogP contribution in [0.25, 0.3) is 5.65 Å². The lowest BCUT2D eigenvalue weighted by Crippen LogP contribution is -2.03. The minimum absolute atomic E-state index is 0.0444. The van der Waals surface area contributed by atoms with Crippen molar-refractivity contribution in [2.75, 3.05) is 0 Å². The third kappa shape index (κ3) is 1.21. The Balaban J connectivity index is 2.93. The Bertz CT molecular complexity index is 523. The van der Waals surface area contributed by atoms with E-state index in [2.05, 4.69) is 10.1 Å². The predicted molar refractivity (Wildman–Crippen MR) is 50.0 cm³/mol. The molecule has 14 heavy (non-hydrogen) atoms. The number of aromatic nitrogens is 3. The fraction of sp³-hybridized carbons (Fsp3) is 0. The van der Waals surface area contributed by atoms with Crippen LogP contribution in [-0.4, -0.2) is 25.7 Å². The molecule has 5 nitrogen and oxygen atoms in total. The summed E-state index contributed by atoms with van der Waals surface area (Å²) in [6, 6.07) is 1.31. The van der Waals surface area contributed by atoms with Gasteiger partial charge in [0.2, 0.25) is 0 Å². The van der Waals surface area contributed by atoms with E-state index in [1.807, 2.05) is 0 Å². The maximum absolute atomic E-state index is 10.8. The standard InChI is InChI=1S/C7H3Cl2N3O2/c8-3-1-4(9)12-6(10-2-11-12)5(3)7(13)14/h1-2H,(H,13,14). The van der Waals surface area contributed by atoms with Crippen LogP contribution in [0.2, 0.25) is 10.2 Å². The number of hydrogen-bond acceptors (Lipinski definition) is 3. The van der Waals surface area contributed by atoms with E-state index in [1.54, 1.807) is 0 Å². The first-order valence-electron chi connectivity index (χ1n) is 3.52. The van der Waals surface area contributed by atoms with E-state index in [0.717, 1.165) is 0 Å². The van der Waals surface area contributed by atoms with Crippen LogP contribution in [0.4, 0.5) is 0 Å². The summed E-state index contributed by atoms with van der Waals surface area (Å²) >= 11 is 11.5. The summed E-state index contributed by atoms with van der Waals surface area (Å²) in [5, 5.41) is 12.9. The maximum Gasteiger partial charge on any atom is 0.341 e. The van der Waals surface area contributed by atoms with E-state index in [9.17, 15) is 4.79 Å². The summed E-state index contributed by atoms with van der Waals surface area (Å²) in [4.78, 5) is 14.6. The quantitative estimate of drug-likeness (QED) is 0.760. The number of halogens is 2. The zero-order valence-electron chi connectivity index (χ0n) is 6.61. The number of carbonyl (C=O) groups is 1. The first-order valence-corrected chi connectivity index (χ1v) is 4.28. The lowest BCUT2D eigenvalue weighted by molar-refractivity contribution is 0.0698. The molecule has 0 bridgehead atoms. The van der Waals surface area contributed by atoms with Crippen LogP contribution in [0.1, 0.15) is 10.4 Å². The highest BCUT2D eigenvalue weighted by atomic mass is 35.5. The Labute approximate surface area is 87.9 Å². The van der Waals surface area contributed by atoms with Gasteiger partial charge in [-0.3, -0.25) is 0 Å². The van der Waals surface area contributed by atoms with Gasteiger partial charge in [-0.1, -0.05) is 23.2 Å². The zero-order valence-corrected chi connectivity index (χ0v) is 8.12. The summed E-state index contributed by atoms with van der Waals surface area (Å²) in [5.74, 6) is -1.16. The van der Waals surface area contributed by atoms with Gasteiger partial charge < -0.3 is 5.11 Å². The SMILES string of the molecule is O=C(O)c1c(Cl)cc(Cl)n2ncnc12. The first-order chi connectivity index (χ1) is 6.61. The molecule has 0 aliphatic heterocycles. The number of fused-ring (bicyclic) bond motifs is 1. The van der Waals surface area contributed by atoms with Crippen molar-refractivity contribution in [1.82, 2.24) is 14.6 Å². The largest absolute Gasteiger partial charge is 0.478 e. The van der Waals surface area contributed by atoms with Crippen molar-refractivity contribution >= 4 is 34.8 Å². The van der Waals surface area contributed by atoms with E-state index in [1.165, 1.54) is 16.9 Å². The summed E-state index contributed by atoms with van der Waals surface area (Å²) in [6.07, 6.45) is 1.21. The van der Waals surface area contributed by atoms with Crippen LogP contribution in [-0.2, 0) is 0 Å². The van der Waals surface area contributed by atoms with Crippen molar-refractivity contribution in [1.29, 1.82) is 0 Å². The third-order valence-corrected chi connectivity index (χ3v) is 2.24. The average molecular weight is 232 g/mol. The molecule has 2 heterocycles. The Morgan fingerprint density at radius 3 is 2.86 bits per heavy atom. The number of carboxylic acid groups (broad SMARTS) is 1. The van der Waals surface area contributed by atoms with Crippen LogP contribution in [0.5, 0.6) is 0 Å². The molecular formula is C7H3Cl2N3O2. The molecule has 0 saturated carbocycles. The van der Waals surface area contributed by atoms with Gasteiger partial charge in [-0.25, -0.2) is 14.3 Å². The fourth-order valence-corrected chi connectivity index (χ4v) is 1.67. The Morgan fingerprint density at radius 1 is 1.50 bits per heavy atom. The highest BCUT2D eigenvalue weighted by Gasteiger charge is 2.17. The molecule has 0 radical (unpaired) electrons. The molecule has 0 atom stereocenters. The number of pyridine rings is 1. The third-order valence-electron chi connectivity index (χ3n) is 1.67. The van der Waals surface area contributed by atoms with E-state index in [-0.39, 0.29) is 21.4 Å². The van der Waals surface area contributed by atoms with Crippen molar-refractivity contribution in [2.45, 2.75) is 0 Å². The van der Waals surface area contributed by atoms with Gasteiger partial charge in [0.1, 0.15) is 17.0 Å². The molecule has 0 amide bonds. The van der Waals surface area contributed by atoms with Gasteiger partial charge in [-0.15, -0.1) is 0 Å². The van der Waals surface area contributed by atoms with Crippen molar-refractivity contribution in [2.24, 2.45) is 0 Å². The van der Waals surface area contributed by atoms with Gasteiger partial charge >= 0.3 is 5.97 Å². The molecule has 0 unspecified atom stereocenters. The Hall–Kier alpha value is -1.33. The summed E-state index contributed by atoms with van der Waals surface area (Å²) in [6.45, 7) is 0. The van der Waals surface area contributed by atoms with Crippen LogP contribution < -0.4 is 0 Å². The predicted octanol–water partition coefficient (Wildman–Crippen LogP) is 1.73. The smallest absolute Gasteiger partial charge is 0.341 e. The first kappa shape index (κ1) is 9.23. The molecular weight excluding hydrogens is 229 g/mol. The van der Waals surface area contributed by atoms with Crippen LogP contribution in [0, 0.1) is 0 Å². The van der Waals surface area contributed by atoms with E-state index in [0.29, 0.717) is 0 Å². The van der Waals surface area contributed by atoms with Gasteiger partial charge in [0.05, 0.1) is 5.02 Å². The van der Waals surface area contributed by atoms with Crippen molar-refractivity contribution < 1.29 is 9.90 Å². The lowest BCUT2D eigenvalue weighted by Gasteiger charge is -2.01. The fourth-order valence-electron chi connectivity index (χ4n) is 1.11. The highest BCUT2D eigenvalue weighted by Crippen LogP contribution is 2.24. The second kappa shape index (κ2) is 3.11. The second-order valence-electron chi connectivity index (χ2n) is 2.49. The molecule has 2 rings (SSSR count). The molecule has 72 valence electrons. The number of carboxylic acids is 1.